The van der Waals surface area contributed by atoms with E-state index in [4.69, 9.17) is 41.8 Å². The molecule has 1 aliphatic heterocycles. The van der Waals surface area contributed by atoms with Crippen LogP contribution < -0.4 is 9.47 Å². The molecule has 2 heterocycles. The highest BCUT2D eigenvalue weighted by atomic mass is 35.5. The molecule has 2 aromatic rings. The van der Waals surface area contributed by atoms with Crippen LogP contribution in [-0.2, 0) is 20.8 Å². The molecule has 0 spiro atoms. The number of nitrogens with zero attached hydrogens (tertiary/aromatic N) is 1. The third kappa shape index (κ3) is 8.74. The summed E-state index contributed by atoms with van der Waals surface area (Å²) in [6, 6.07) is 5.48. The first-order valence-corrected chi connectivity index (χ1v) is 14.8. The first-order valence-electron chi connectivity index (χ1n) is 14.0. The Morgan fingerprint density at radius 2 is 1.91 bits per heavy atom. The standard InChI is InChI=1S/C31H35Cl2F2NO7/c1-17(32)23(18(2)33)14-27(21-9-10-26(43-31(34)35)28(12-21)40-16-20-7-8-20)42-30(38)25-6-5-11-36(25)15-22-13-24(19(3)41-22)29(37)39-4/h9-10,12-13,20,25,27,31H,1,5-8,11,14-16H2,2-4H3/b23-18+/t25?,27-/m0/s1. The van der Waals surface area contributed by atoms with Gasteiger partial charge in [-0.15, -0.1) is 0 Å². The maximum absolute atomic E-state index is 13.7. The normalized spacial score (nSPS) is 18.3. The summed E-state index contributed by atoms with van der Waals surface area (Å²) >= 11 is 12.6. The lowest BCUT2D eigenvalue weighted by molar-refractivity contribution is -0.155. The molecule has 4 rings (SSSR count). The van der Waals surface area contributed by atoms with Crippen molar-refractivity contribution in [2.75, 3.05) is 20.3 Å². The number of methoxy groups -OCH3 is 1. The predicted molar refractivity (Wildman–Crippen MR) is 157 cm³/mol. The van der Waals surface area contributed by atoms with E-state index in [0.29, 0.717) is 58.7 Å². The van der Waals surface area contributed by atoms with E-state index in [9.17, 15) is 18.4 Å². The summed E-state index contributed by atoms with van der Waals surface area (Å²) in [5.74, 6) is 0.327. The lowest BCUT2D eigenvalue weighted by Crippen LogP contribution is -2.37. The molecule has 2 atom stereocenters. The molecule has 43 heavy (non-hydrogen) atoms. The number of hydrogen-bond donors (Lipinski definition) is 0. The maximum atomic E-state index is 13.7. The molecule has 0 bridgehead atoms. The summed E-state index contributed by atoms with van der Waals surface area (Å²) in [5, 5.41) is 0.564. The minimum Gasteiger partial charge on any atom is -0.489 e. The van der Waals surface area contributed by atoms with Crippen LogP contribution in [0.4, 0.5) is 8.78 Å². The molecular formula is C31H35Cl2F2NO7. The van der Waals surface area contributed by atoms with E-state index in [-0.39, 0.29) is 29.5 Å². The van der Waals surface area contributed by atoms with E-state index in [1.165, 1.54) is 13.2 Å². The number of carbonyl (C=O) groups excluding carboxylic acids is 2. The largest absolute Gasteiger partial charge is 0.489 e. The van der Waals surface area contributed by atoms with Gasteiger partial charge >= 0.3 is 18.6 Å². The summed E-state index contributed by atoms with van der Waals surface area (Å²) < 4.78 is 53.4. The average molecular weight is 643 g/mol. The number of likely N-dealkylation sites (tertiary alicyclic amines) is 1. The van der Waals surface area contributed by atoms with Crippen molar-refractivity contribution in [3.8, 4) is 11.5 Å². The second-order valence-electron chi connectivity index (χ2n) is 10.7. The van der Waals surface area contributed by atoms with Gasteiger partial charge in [0.1, 0.15) is 29.2 Å². The van der Waals surface area contributed by atoms with E-state index in [2.05, 4.69) is 11.3 Å². The molecule has 2 fully saturated rings. The van der Waals surface area contributed by atoms with Gasteiger partial charge in [0.05, 0.1) is 20.3 Å². The number of ether oxygens (including phenoxy) is 4. The second kappa shape index (κ2) is 14.6. The molecular weight excluding hydrogens is 607 g/mol. The summed E-state index contributed by atoms with van der Waals surface area (Å²) in [6.07, 6.45) is 2.50. The average Bonchev–Trinajstić information content (AvgIpc) is 3.54. The van der Waals surface area contributed by atoms with Gasteiger partial charge in [0, 0.05) is 16.5 Å². The topological polar surface area (TPSA) is 87.4 Å². The van der Waals surface area contributed by atoms with Crippen LogP contribution in [0, 0.1) is 12.8 Å². The van der Waals surface area contributed by atoms with Gasteiger partial charge in [-0.3, -0.25) is 9.69 Å². The van der Waals surface area contributed by atoms with Gasteiger partial charge in [-0.1, -0.05) is 35.8 Å². The molecule has 234 valence electrons. The summed E-state index contributed by atoms with van der Waals surface area (Å²) in [4.78, 5) is 27.6. The van der Waals surface area contributed by atoms with Crippen LogP contribution in [0.5, 0.6) is 11.5 Å². The molecule has 12 heteroatoms. The van der Waals surface area contributed by atoms with E-state index < -0.39 is 30.7 Å². The van der Waals surface area contributed by atoms with E-state index in [1.54, 1.807) is 32.0 Å². The molecule has 1 aliphatic carbocycles. The minimum absolute atomic E-state index is 0.0904. The highest BCUT2D eigenvalue weighted by Gasteiger charge is 2.35. The number of benzene rings is 1. The number of rotatable bonds is 14. The fraction of sp³-hybridized carbons (Fsp3) is 0.484. The zero-order chi connectivity index (χ0) is 31.3. The zero-order valence-electron chi connectivity index (χ0n) is 24.3. The number of furan rings is 1. The van der Waals surface area contributed by atoms with Crippen molar-refractivity contribution in [1.29, 1.82) is 0 Å². The molecule has 1 aromatic carbocycles. The van der Waals surface area contributed by atoms with Gasteiger partial charge in [0.2, 0.25) is 0 Å². The Hall–Kier alpha value is -3.08. The molecule has 1 aromatic heterocycles. The monoisotopic (exact) mass is 641 g/mol. The molecule has 0 radical (unpaired) electrons. The van der Waals surface area contributed by atoms with Crippen LogP contribution in [0.15, 0.2) is 50.9 Å². The van der Waals surface area contributed by atoms with Gasteiger partial charge in [-0.2, -0.15) is 8.78 Å². The molecule has 1 unspecified atom stereocenters. The van der Waals surface area contributed by atoms with Gasteiger partial charge in [-0.05, 0) is 81.3 Å². The van der Waals surface area contributed by atoms with Gasteiger partial charge < -0.3 is 23.4 Å². The zero-order valence-corrected chi connectivity index (χ0v) is 25.8. The van der Waals surface area contributed by atoms with Gasteiger partial charge in [0.25, 0.3) is 0 Å². The first kappa shape index (κ1) is 32.8. The van der Waals surface area contributed by atoms with Crippen LogP contribution in [0.25, 0.3) is 0 Å². The number of halogens is 4. The third-order valence-electron chi connectivity index (χ3n) is 7.49. The lowest BCUT2D eigenvalue weighted by atomic mass is 10.00. The van der Waals surface area contributed by atoms with Crippen molar-refractivity contribution in [3.05, 3.63) is 69.1 Å². The number of carbonyl (C=O) groups is 2. The molecule has 0 amide bonds. The molecule has 0 N–H and O–H groups in total. The third-order valence-corrected chi connectivity index (χ3v) is 7.94. The van der Waals surface area contributed by atoms with Crippen LogP contribution in [0.3, 0.4) is 0 Å². The number of allylic oxidation sites excluding steroid dienone is 2. The Kier molecular flexibility index (Phi) is 11.1. The summed E-state index contributed by atoms with van der Waals surface area (Å²) in [6.45, 7) is 5.33. The Labute approximate surface area is 259 Å². The molecule has 2 aliphatic rings. The fourth-order valence-corrected chi connectivity index (χ4v) is 5.47. The summed E-state index contributed by atoms with van der Waals surface area (Å²) in [5.41, 5.74) is 1.30. The van der Waals surface area contributed by atoms with Gasteiger partial charge in [0.15, 0.2) is 11.5 Å². The molecule has 8 nitrogen and oxygen atoms in total. The van der Waals surface area contributed by atoms with Crippen molar-refractivity contribution >= 4 is 35.1 Å². The lowest BCUT2D eigenvalue weighted by Gasteiger charge is -2.26. The van der Waals surface area contributed by atoms with Crippen LogP contribution in [-0.4, -0.2) is 49.8 Å². The van der Waals surface area contributed by atoms with Crippen molar-refractivity contribution in [2.45, 2.75) is 71.3 Å². The molecule has 1 saturated carbocycles. The maximum Gasteiger partial charge on any atom is 0.387 e. The van der Waals surface area contributed by atoms with E-state index in [0.717, 1.165) is 19.3 Å². The van der Waals surface area contributed by atoms with E-state index >= 15 is 0 Å². The van der Waals surface area contributed by atoms with Crippen molar-refractivity contribution < 1.29 is 41.7 Å². The number of esters is 2. The molecule has 1 saturated heterocycles. The fourth-order valence-electron chi connectivity index (χ4n) is 5.01. The van der Waals surface area contributed by atoms with Crippen molar-refractivity contribution in [3.63, 3.8) is 0 Å². The van der Waals surface area contributed by atoms with Crippen LogP contribution in [0.2, 0.25) is 0 Å². The Morgan fingerprint density at radius 1 is 1.16 bits per heavy atom. The Balaban J connectivity index is 1.58. The highest BCUT2D eigenvalue weighted by Crippen LogP contribution is 2.39. The van der Waals surface area contributed by atoms with Crippen molar-refractivity contribution in [2.24, 2.45) is 5.92 Å². The summed E-state index contributed by atoms with van der Waals surface area (Å²) in [7, 11) is 1.30. The number of aryl methyl sites for hydroxylation is 1. The predicted octanol–water partition coefficient (Wildman–Crippen LogP) is 7.67. The number of hydrogen-bond acceptors (Lipinski definition) is 8. The first-order chi connectivity index (χ1) is 20.5. The number of alkyl halides is 2. The SMILES string of the molecule is C=C(Cl)/C(C[C@H](OC(=O)C1CCCN1Cc1cc(C(=O)OC)c(C)o1)c1ccc(OC(F)F)c(OCC2CC2)c1)=C(\C)Cl. The highest BCUT2D eigenvalue weighted by molar-refractivity contribution is 6.35. The smallest absolute Gasteiger partial charge is 0.387 e. The minimum atomic E-state index is -3.04. The van der Waals surface area contributed by atoms with Crippen LogP contribution in [0.1, 0.15) is 72.6 Å². The van der Waals surface area contributed by atoms with E-state index in [1.807, 2.05) is 4.90 Å². The second-order valence-corrected chi connectivity index (χ2v) is 11.7. The van der Waals surface area contributed by atoms with Crippen molar-refractivity contribution in [1.82, 2.24) is 4.90 Å². The quantitative estimate of drug-likeness (QED) is 0.153. The van der Waals surface area contributed by atoms with Crippen LogP contribution >= 0.6 is 23.2 Å². The Morgan fingerprint density at radius 3 is 2.53 bits per heavy atom. The van der Waals surface area contributed by atoms with Gasteiger partial charge in [-0.25, -0.2) is 4.79 Å². The Bertz CT molecular complexity index is 1370.